The number of hydrogen-bond acceptors (Lipinski definition) is 6. The van der Waals surface area contributed by atoms with Crippen molar-refractivity contribution in [2.75, 3.05) is 43.6 Å². The van der Waals surface area contributed by atoms with Crippen molar-refractivity contribution < 1.29 is 19.1 Å². The summed E-state index contributed by atoms with van der Waals surface area (Å²) >= 11 is 2.03. The number of anilines is 1. The summed E-state index contributed by atoms with van der Waals surface area (Å²) in [5, 5.41) is 5.29. The van der Waals surface area contributed by atoms with Crippen LogP contribution in [-0.2, 0) is 14.3 Å². The highest BCUT2D eigenvalue weighted by Gasteiger charge is 2.27. The molecule has 28 heavy (non-hydrogen) atoms. The van der Waals surface area contributed by atoms with Gasteiger partial charge in [-0.2, -0.15) is 11.8 Å². The zero-order valence-corrected chi connectivity index (χ0v) is 16.9. The molecule has 0 unspecified atom stereocenters. The van der Waals surface area contributed by atoms with Crippen LogP contribution in [0.25, 0.3) is 0 Å². The van der Waals surface area contributed by atoms with Gasteiger partial charge in [0.1, 0.15) is 0 Å². The van der Waals surface area contributed by atoms with Crippen LogP contribution >= 0.6 is 11.8 Å². The summed E-state index contributed by atoms with van der Waals surface area (Å²) in [4.78, 5) is 38.1. The van der Waals surface area contributed by atoms with Crippen LogP contribution in [0, 0.1) is 5.92 Å². The van der Waals surface area contributed by atoms with Crippen LogP contribution in [0.15, 0.2) is 24.3 Å². The lowest BCUT2D eigenvalue weighted by Crippen LogP contribution is -2.45. The molecule has 2 aliphatic rings. The van der Waals surface area contributed by atoms with Gasteiger partial charge in [-0.25, -0.2) is 4.79 Å². The maximum absolute atomic E-state index is 12.1. The first kappa shape index (κ1) is 20.7. The van der Waals surface area contributed by atoms with Gasteiger partial charge in [-0.15, -0.1) is 0 Å². The van der Waals surface area contributed by atoms with Gasteiger partial charge in [-0.3, -0.25) is 14.5 Å². The van der Waals surface area contributed by atoms with E-state index in [-0.39, 0.29) is 0 Å². The van der Waals surface area contributed by atoms with E-state index in [0.29, 0.717) is 23.7 Å². The Bertz CT molecular complexity index is 696. The summed E-state index contributed by atoms with van der Waals surface area (Å²) in [5.41, 5.74) is 0.836. The third kappa shape index (κ3) is 5.48. The molecule has 2 aliphatic heterocycles. The van der Waals surface area contributed by atoms with Crippen molar-refractivity contribution in [1.82, 2.24) is 10.2 Å². The SMILES string of the molecule is COC(=O)c1ccc(NC(=O)C(=O)NCC2CCN([C@H]3CCSC3)CC2)cc1. The Labute approximate surface area is 169 Å². The number of thioether (sulfide) groups is 1. The molecule has 2 fully saturated rings. The molecule has 1 aromatic carbocycles. The predicted molar refractivity (Wildman–Crippen MR) is 109 cm³/mol. The van der Waals surface area contributed by atoms with Crippen LogP contribution in [0.2, 0.25) is 0 Å². The number of likely N-dealkylation sites (tertiary alicyclic amines) is 1. The standard InChI is InChI=1S/C20H27N3O4S/c1-27-20(26)15-2-4-16(5-3-15)22-19(25)18(24)21-12-14-6-9-23(10-7-14)17-8-11-28-13-17/h2-5,14,17H,6-13H2,1H3,(H,21,24)(H,22,25)/t17-/m0/s1. The van der Waals surface area contributed by atoms with Gasteiger partial charge in [-0.05, 0) is 68.3 Å². The van der Waals surface area contributed by atoms with Crippen molar-refractivity contribution in [3.8, 4) is 0 Å². The number of methoxy groups -OCH3 is 1. The highest BCUT2D eigenvalue weighted by atomic mass is 32.2. The number of nitrogens with one attached hydrogen (secondary N) is 2. The van der Waals surface area contributed by atoms with Crippen molar-refractivity contribution in [3.63, 3.8) is 0 Å². The fourth-order valence-corrected chi connectivity index (χ4v) is 4.90. The number of carbonyl (C=O) groups excluding carboxylic acids is 3. The first-order chi connectivity index (χ1) is 13.6. The minimum absolute atomic E-state index is 0.382. The molecule has 0 bridgehead atoms. The topological polar surface area (TPSA) is 87.7 Å². The second kappa shape index (κ2) is 9.93. The summed E-state index contributed by atoms with van der Waals surface area (Å²) in [6.07, 6.45) is 3.39. The van der Waals surface area contributed by atoms with Crippen molar-refractivity contribution >= 4 is 35.2 Å². The van der Waals surface area contributed by atoms with Gasteiger partial charge >= 0.3 is 17.8 Å². The van der Waals surface area contributed by atoms with E-state index in [1.54, 1.807) is 12.1 Å². The average molecular weight is 406 g/mol. The molecular formula is C20H27N3O4S. The molecular weight excluding hydrogens is 378 g/mol. The molecule has 1 atom stereocenters. The first-order valence-electron chi connectivity index (χ1n) is 9.66. The smallest absolute Gasteiger partial charge is 0.337 e. The number of carbonyl (C=O) groups is 3. The van der Waals surface area contributed by atoms with E-state index in [1.807, 2.05) is 11.8 Å². The maximum Gasteiger partial charge on any atom is 0.337 e. The lowest BCUT2D eigenvalue weighted by atomic mass is 9.95. The molecule has 7 nitrogen and oxygen atoms in total. The van der Waals surface area contributed by atoms with E-state index in [4.69, 9.17) is 0 Å². The molecule has 152 valence electrons. The Balaban J connectivity index is 1.38. The Morgan fingerprint density at radius 3 is 2.43 bits per heavy atom. The van der Waals surface area contributed by atoms with Crippen LogP contribution in [-0.4, -0.2) is 67.0 Å². The van der Waals surface area contributed by atoms with Crippen LogP contribution in [0.4, 0.5) is 5.69 Å². The Hall–Kier alpha value is -2.06. The second-order valence-electron chi connectivity index (χ2n) is 7.23. The number of esters is 1. The van der Waals surface area contributed by atoms with E-state index in [9.17, 15) is 14.4 Å². The number of rotatable bonds is 5. The Morgan fingerprint density at radius 2 is 1.82 bits per heavy atom. The summed E-state index contributed by atoms with van der Waals surface area (Å²) in [7, 11) is 1.31. The van der Waals surface area contributed by atoms with Crippen molar-refractivity contribution in [1.29, 1.82) is 0 Å². The minimum Gasteiger partial charge on any atom is -0.465 e. The molecule has 2 N–H and O–H groups in total. The fourth-order valence-electron chi connectivity index (χ4n) is 3.64. The zero-order valence-electron chi connectivity index (χ0n) is 16.1. The van der Waals surface area contributed by atoms with Crippen molar-refractivity contribution in [2.24, 2.45) is 5.92 Å². The monoisotopic (exact) mass is 405 g/mol. The normalized spacial score (nSPS) is 20.5. The molecule has 0 aliphatic carbocycles. The number of hydrogen-bond donors (Lipinski definition) is 2. The molecule has 1 aromatic rings. The molecule has 2 heterocycles. The number of benzene rings is 1. The maximum atomic E-state index is 12.1. The quantitative estimate of drug-likeness (QED) is 0.573. The molecule has 8 heteroatoms. The number of amides is 2. The second-order valence-corrected chi connectivity index (χ2v) is 8.38. The van der Waals surface area contributed by atoms with Gasteiger partial charge < -0.3 is 15.4 Å². The van der Waals surface area contributed by atoms with Crippen LogP contribution < -0.4 is 10.6 Å². The highest BCUT2D eigenvalue weighted by Crippen LogP contribution is 2.26. The van der Waals surface area contributed by atoms with Crippen LogP contribution in [0.5, 0.6) is 0 Å². The van der Waals surface area contributed by atoms with Gasteiger partial charge in [-0.1, -0.05) is 0 Å². The van der Waals surface area contributed by atoms with Gasteiger partial charge in [0.2, 0.25) is 0 Å². The van der Waals surface area contributed by atoms with E-state index in [1.165, 1.54) is 37.2 Å². The molecule has 0 radical (unpaired) electrons. The molecule has 0 saturated carbocycles. The summed E-state index contributed by atoms with van der Waals surface area (Å²) in [6.45, 7) is 2.68. The zero-order chi connectivity index (χ0) is 19.9. The van der Waals surface area contributed by atoms with Gasteiger partial charge in [0.15, 0.2) is 0 Å². The number of ether oxygens (including phenoxy) is 1. The van der Waals surface area contributed by atoms with E-state index >= 15 is 0 Å². The number of nitrogens with zero attached hydrogens (tertiary/aromatic N) is 1. The largest absolute Gasteiger partial charge is 0.465 e. The first-order valence-corrected chi connectivity index (χ1v) is 10.8. The summed E-state index contributed by atoms with van der Waals surface area (Å²) in [6, 6.07) is 6.92. The molecule has 2 saturated heterocycles. The lowest BCUT2D eigenvalue weighted by molar-refractivity contribution is -0.136. The molecule has 3 rings (SSSR count). The van der Waals surface area contributed by atoms with E-state index < -0.39 is 17.8 Å². The van der Waals surface area contributed by atoms with Gasteiger partial charge in [0.25, 0.3) is 0 Å². The van der Waals surface area contributed by atoms with Crippen molar-refractivity contribution in [3.05, 3.63) is 29.8 Å². The van der Waals surface area contributed by atoms with Gasteiger partial charge in [0, 0.05) is 24.0 Å². The van der Waals surface area contributed by atoms with Gasteiger partial charge in [0.05, 0.1) is 12.7 Å². The third-order valence-electron chi connectivity index (χ3n) is 5.39. The Morgan fingerprint density at radius 1 is 1.11 bits per heavy atom. The summed E-state index contributed by atoms with van der Waals surface area (Å²) < 4.78 is 4.63. The fraction of sp³-hybridized carbons (Fsp3) is 0.550. The third-order valence-corrected chi connectivity index (χ3v) is 6.54. The average Bonchev–Trinajstić information content (AvgIpc) is 3.27. The molecule has 0 spiro atoms. The highest BCUT2D eigenvalue weighted by molar-refractivity contribution is 7.99. The van der Waals surface area contributed by atoms with Crippen LogP contribution in [0.1, 0.15) is 29.6 Å². The Kier molecular flexibility index (Phi) is 7.33. The minimum atomic E-state index is -0.703. The molecule has 2 amide bonds. The van der Waals surface area contributed by atoms with E-state index in [2.05, 4.69) is 20.3 Å². The van der Waals surface area contributed by atoms with Crippen molar-refractivity contribution in [2.45, 2.75) is 25.3 Å². The molecule has 0 aromatic heterocycles. The predicted octanol–water partition coefficient (Wildman–Crippen LogP) is 1.75. The number of piperidine rings is 1. The lowest BCUT2D eigenvalue weighted by Gasteiger charge is -2.35. The van der Waals surface area contributed by atoms with Crippen LogP contribution in [0.3, 0.4) is 0 Å². The van der Waals surface area contributed by atoms with E-state index in [0.717, 1.165) is 32.0 Å². The summed E-state index contributed by atoms with van der Waals surface area (Å²) in [5.74, 6) is 1.14.